The lowest BCUT2D eigenvalue weighted by atomic mass is 9.82. The first-order valence-corrected chi connectivity index (χ1v) is 9.53. The molecule has 0 atom stereocenters. The van der Waals surface area contributed by atoms with Crippen molar-refractivity contribution in [2.24, 2.45) is 0 Å². The Bertz CT molecular complexity index is 898. The number of rotatable bonds is 7. The molecule has 150 valence electrons. The highest BCUT2D eigenvalue weighted by atomic mass is 16.5. The van der Waals surface area contributed by atoms with E-state index in [4.69, 9.17) is 4.74 Å². The smallest absolute Gasteiger partial charge is 0.326 e. The average molecular weight is 386 g/mol. The zero-order chi connectivity index (χ0) is 19.9. The topological polar surface area (TPSA) is 116 Å². The molecule has 28 heavy (non-hydrogen) atoms. The Morgan fingerprint density at radius 3 is 2.50 bits per heavy atom. The number of ether oxygens (including phenoxy) is 1. The normalized spacial score (nSPS) is 19.2. The van der Waals surface area contributed by atoms with Gasteiger partial charge in [0.2, 0.25) is 0 Å². The molecule has 1 saturated carbocycles. The van der Waals surface area contributed by atoms with Crippen molar-refractivity contribution in [2.45, 2.75) is 37.6 Å². The molecule has 8 nitrogen and oxygen atoms in total. The maximum Gasteiger partial charge on any atom is 0.326 e. The third kappa shape index (κ3) is 4.89. The number of aromatic amines is 2. The number of H-pyrrole nitrogens is 2. The van der Waals surface area contributed by atoms with Crippen molar-refractivity contribution in [1.82, 2.24) is 15.3 Å². The maximum atomic E-state index is 12.7. The monoisotopic (exact) mass is 386 g/mol. The predicted molar refractivity (Wildman–Crippen MR) is 107 cm³/mol. The Morgan fingerprint density at radius 1 is 1.11 bits per heavy atom. The summed E-state index contributed by atoms with van der Waals surface area (Å²) in [6, 6.07) is 10.4. The van der Waals surface area contributed by atoms with E-state index in [0.29, 0.717) is 19.1 Å². The third-order valence-corrected chi connectivity index (χ3v) is 5.11. The molecule has 3 rings (SSSR count). The summed E-state index contributed by atoms with van der Waals surface area (Å²) < 4.78 is 4.95. The molecular weight excluding hydrogens is 360 g/mol. The van der Waals surface area contributed by atoms with Crippen LogP contribution in [-0.4, -0.2) is 42.2 Å². The van der Waals surface area contributed by atoms with E-state index in [1.165, 1.54) is 12.7 Å². The minimum Gasteiger partial charge on any atom is -0.383 e. The van der Waals surface area contributed by atoms with Gasteiger partial charge in [-0.15, -0.1) is 0 Å². The Labute approximate surface area is 162 Å². The third-order valence-electron chi connectivity index (χ3n) is 5.11. The van der Waals surface area contributed by atoms with Gasteiger partial charge in [0.1, 0.15) is 11.4 Å². The van der Waals surface area contributed by atoms with Crippen LogP contribution in [0.15, 0.2) is 39.9 Å². The lowest BCUT2D eigenvalue weighted by Gasteiger charge is -2.29. The van der Waals surface area contributed by atoms with E-state index in [-0.39, 0.29) is 17.4 Å². The first-order valence-electron chi connectivity index (χ1n) is 9.53. The van der Waals surface area contributed by atoms with E-state index in [2.05, 4.69) is 32.7 Å². The van der Waals surface area contributed by atoms with Crippen LogP contribution >= 0.6 is 0 Å². The van der Waals surface area contributed by atoms with Crippen LogP contribution in [0.1, 0.15) is 47.7 Å². The molecule has 8 heteroatoms. The molecular formula is C20H26N4O4. The van der Waals surface area contributed by atoms with E-state index in [9.17, 15) is 14.4 Å². The minimum atomic E-state index is -0.708. The predicted octanol–water partition coefficient (Wildman–Crippen LogP) is 1.58. The number of methoxy groups -OCH3 is 1. The van der Waals surface area contributed by atoms with Gasteiger partial charge in [0.05, 0.1) is 6.61 Å². The zero-order valence-corrected chi connectivity index (χ0v) is 15.9. The van der Waals surface area contributed by atoms with Crippen LogP contribution in [0.3, 0.4) is 0 Å². The van der Waals surface area contributed by atoms with E-state index in [1.54, 1.807) is 0 Å². The number of nitrogens with one attached hydrogen (secondary N) is 4. The lowest BCUT2D eigenvalue weighted by molar-refractivity contribution is 0.0921. The van der Waals surface area contributed by atoms with Crippen LogP contribution in [0.5, 0.6) is 0 Å². The SMILES string of the molecule is COCCNc1c(C(=O)N[C@H]2CC[C@@H](c3ccccc3)CC2)[nH]c(=O)[nH]c1=O. The van der Waals surface area contributed by atoms with Crippen molar-refractivity contribution in [3.8, 4) is 0 Å². The van der Waals surface area contributed by atoms with Crippen molar-refractivity contribution in [1.29, 1.82) is 0 Å². The summed E-state index contributed by atoms with van der Waals surface area (Å²) in [6.45, 7) is 0.706. The fourth-order valence-electron chi connectivity index (χ4n) is 3.66. The molecule has 1 aliphatic carbocycles. The maximum absolute atomic E-state index is 12.7. The number of benzene rings is 1. The Hall–Kier alpha value is -2.87. The molecule has 1 heterocycles. The fraction of sp³-hybridized carbons (Fsp3) is 0.450. The molecule has 0 spiro atoms. The van der Waals surface area contributed by atoms with Crippen LogP contribution < -0.4 is 21.9 Å². The number of hydrogen-bond acceptors (Lipinski definition) is 5. The number of hydrogen-bond donors (Lipinski definition) is 4. The van der Waals surface area contributed by atoms with E-state index in [1.807, 2.05) is 18.2 Å². The second kappa shape index (κ2) is 9.36. The molecule has 2 aromatic rings. The standard InChI is InChI=1S/C20H26N4O4/c1-28-12-11-21-16-17(23-20(27)24-18(16)25)19(26)22-15-9-7-14(8-10-15)13-5-3-2-4-6-13/h2-6,14-15,21H,7-12H2,1H3,(H,22,26)(H2,23,24,25,27)/t14-,15+. The molecule has 0 bridgehead atoms. The molecule has 1 amide bonds. The molecule has 0 unspecified atom stereocenters. The molecule has 0 radical (unpaired) electrons. The van der Waals surface area contributed by atoms with Gasteiger partial charge < -0.3 is 20.4 Å². The second-order valence-electron chi connectivity index (χ2n) is 7.01. The molecule has 1 aromatic heterocycles. The summed E-state index contributed by atoms with van der Waals surface area (Å²) in [5, 5.41) is 5.82. The Kier molecular flexibility index (Phi) is 6.65. The number of aromatic nitrogens is 2. The Morgan fingerprint density at radius 2 is 1.82 bits per heavy atom. The number of carbonyl (C=O) groups is 1. The summed E-state index contributed by atoms with van der Waals surface area (Å²) >= 11 is 0. The lowest BCUT2D eigenvalue weighted by Crippen LogP contribution is -2.40. The first kappa shape index (κ1) is 19.9. The van der Waals surface area contributed by atoms with Gasteiger partial charge in [-0.3, -0.25) is 14.6 Å². The van der Waals surface area contributed by atoms with Gasteiger partial charge in [-0.1, -0.05) is 30.3 Å². The van der Waals surface area contributed by atoms with Crippen LogP contribution in [-0.2, 0) is 4.74 Å². The van der Waals surface area contributed by atoms with Gasteiger partial charge in [0.15, 0.2) is 0 Å². The number of amides is 1. The van der Waals surface area contributed by atoms with Crippen molar-refractivity contribution in [3.63, 3.8) is 0 Å². The Balaban J connectivity index is 1.65. The molecule has 1 aromatic carbocycles. The summed E-state index contributed by atoms with van der Waals surface area (Å²) in [5.74, 6) is 0.0475. The van der Waals surface area contributed by atoms with Crippen molar-refractivity contribution in [2.75, 3.05) is 25.6 Å². The van der Waals surface area contributed by atoms with Gasteiger partial charge in [-0.25, -0.2) is 4.79 Å². The van der Waals surface area contributed by atoms with Crippen LogP contribution in [0, 0.1) is 0 Å². The van der Waals surface area contributed by atoms with E-state index < -0.39 is 17.2 Å². The zero-order valence-electron chi connectivity index (χ0n) is 15.9. The number of anilines is 1. The number of carbonyl (C=O) groups excluding carboxylic acids is 1. The van der Waals surface area contributed by atoms with Crippen molar-refractivity contribution >= 4 is 11.6 Å². The van der Waals surface area contributed by atoms with Gasteiger partial charge in [0, 0.05) is 19.7 Å². The second-order valence-corrected chi connectivity index (χ2v) is 7.01. The van der Waals surface area contributed by atoms with Crippen LogP contribution in [0.2, 0.25) is 0 Å². The highest BCUT2D eigenvalue weighted by Gasteiger charge is 2.25. The van der Waals surface area contributed by atoms with Crippen molar-refractivity contribution in [3.05, 3.63) is 62.4 Å². The van der Waals surface area contributed by atoms with Crippen molar-refractivity contribution < 1.29 is 9.53 Å². The van der Waals surface area contributed by atoms with Gasteiger partial charge in [-0.2, -0.15) is 0 Å². The van der Waals surface area contributed by atoms with Gasteiger partial charge >= 0.3 is 5.69 Å². The summed E-state index contributed by atoms with van der Waals surface area (Å²) in [5.41, 5.74) is -0.00370. The highest BCUT2D eigenvalue weighted by Crippen LogP contribution is 2.32. The summed E-state index contributed by atoms with van der Waals surface area (Å²) in [4.78, 5) is 41.0. The molecule has 4 N–H and O–H groups in total. The summed E-state index contributed by atoms with van der Waals surface area (Å²) in [7, 11) is 1.54. The molecule has 0 saturated heterocycles. The van der Waals surface area contributed by atoms with E-state index in [0.717, 1.165) is 25.7 Å². The van der Waals surface area contributed by atoms with Gasteiger partial charge in [-0.05, 0) is 37.2 Å². The van der Waals surface area contributed by atoms with Crippen LogP contribution in [0.25, 0.3) is 0 Å². The van der Waals surface area contributed by atoms with Gasteiger partial charge in [0.25, 0.3) is 11.5 Å². The van der Waals surface area contributed by atoms with E-state index >= 15 is 0 Å². The van der Waals surface area contributed by atoms with Crippen LogP contribution in [0.4, 0.5) is 5.69 Å². The minimum absolute atomic E-state index is 0.0158. The fourth-order valence-corrected chi connectivity index (χ4v) is 3.66. The largest absolute Gasteiger partial charge is 0.383 e. The quantitative estimate of drug-likeness (QED) is 0.539. The highest BCUT2D eigenvalue weighted by molar-refractivity contribution is 5.97. The average Bonchev–Trinajstić information content (AvgIpc) is 2.70. The molecule has 1 aliphatic rings. The molecule has 1 fully saturated rings. The molecule has 0 aliphatic heterocycles. The summed E-state index contributed by atoms with van der Waals surface area (Å²) in [6.07, 6.45) is 3.68. The first-order chi connectivity index (χ1) is 13.6.